The van der Waals surface area contributed by atoms with Crippen LogP contribution in [0.25, 0.3) is 22.3 Å². The molecule has 0 bridgehead atoms. The Balaban J connectivity index is 1.84. The maximum Gasteiger partial charge on any atom is 0.220 e. The fourth-order valence-corrected chi connectivity index (χ4v) is 3.23. The molecule has 0 spiro atoms. The number of aliphatic hydroxyl groups excluding tert-OH is 1. The minimum absolute atomic E-state index is 0.229. The molecule has 0 aromatic carbocycles. The van der Waals surface area contributed by atoms with E-state index in [2.05, 4.69) is 24.8 Å². The van der Waals surface area contributed by atoms with Crippen molar-refractivity contribution in [2.24, 2.45) is 5.92 Å². The van der Waals surface area contributed by atoms with Gasteiger partial charge < -0.3 is 20.7 Å². The van der Waals surface area contributed by atoms with Gasteiger partial charge in [-0.2, -0.15) is 0 Å². The van der Waals surface area contributed by atoms with Crippen LogP contribution in [-0.2, 0) is 0 Å². The summed E-state index contributed by atoms with van der Waals surface area (Å²) in [6.45, 7) is 2.01. The van der Waals surface area contributed by atoms with Gasteiger partial charge in [-0.3, -0.25) is 0 Å². The molecule has 0 saturated carbocycles. The molecule has 1 saturated heterocycles. The molecule has 4 N–H and O–H groups in total. The van der Waals surface area contributed by atoms with Gasteiger partial charge in [-0.25, -0.2) is 15.0 Å². The van der Waals surface area contributed by atoms with Crippen LogP contribution in [0.2, 0.25) is 0 Å². The maximum atomic E-state index is 9.39. The third-order valence-corrected chi connectivity index (χ3v) is 4.39. The summed E-state index contributed by atoms with van der Waals surface area (Å²) in [5.74, 6) is 0.583. The lowest BCUT2D eigenvalue weighted by molar-refractivity contribution is 0.238. The number of nitrogens with zero attached hydrogens (tertiary/aromatic N) is 4. The first-order valence-electron chi connectivity index (χ1n) is 7.67. The first-order chi connectivity index (χ1) is 11.3. The minimum atomic E-state index is 0.229. The molecule has 0 aliphatic carbocycles. The monoisotopic (exact) mass is 310 g/mol. The molecule has 1 aliphatic rings. The molecule has 1 atom stereocenters. The van der Waals surface area contributed by atoms with Crippen LogP contribution in [0.3, 0.4) is 0 Å². The molecule has 3 aromatic heterocycles. The van der Waals surface area contributed by atoms with Gasteiger partial charge >= 0.3 is 0 Å². The van der Waals surface area contributed by atoms with Gasteiger partial charge in [0.1, 0.15) is 5.65 Å². The van der Waals surface area contributed by atoms with E-state index in [4.69, 9.17) is 5.73 Å². The number of H-pyrrole nitrogens is 1. The Kier molecular flexibility index (Phi) is 3.34. The van der Waals surface area contributed by atoms with Crippen molar-refractivity contribution in [1.82, 2.24) is 19.9 Å². The quantitative estimate of drug-likeness (QED) is 0.676. The summed E-state index contributed by atoms with van der Waals surface area (Å²) in [4.78, 5) is 18.2. The van der Waals surface area contributed by atoms with Crippen LogP contribution in [0, 0.1) is 5.92 Å². The second-order valence-corrected chi connectivity index (χ2v) is 5.84. The largest absolute Gasteiger partial charge is 0.396 e. The van der Waals surface area contributed by atoms with E-state index in [-0.39, 0.29) is 12.6 Å². The van der Waals surface area contributed by atoms with Crippen molar-refractivity contribution in [3.8, 4) is 11.3 Å². The number of nitrogen functional groups attached to an aromatic ring is 1. The van der Waals surface area contributed by atoms with Crippen LogP contribution in [0.5, 0.6) is 0 Å². The van der Waals surface area contributed by atoms with Gasteiger partial charge in [-0.15, -0.1) is 0 Å². The van der Waals surface area contributed by atoms with Crippen molar-refractivity contribution >= 4 is 22.7 Å². The lowest BCUT2D eigenvalue weighted by Gasteiger charge is -2.20. The van der Waals surface area contributed by atoms with Crippen LogP contribution in [0.4, 0.5) is 11.6 Å². The smallest absolute Gasteiger partial charge is 0.220 e. The lowest BCUT2D eigenvalue weighted by Crippen LogP contribution is -2.20. The van der Waals surface area contributed by atoms with Crippen LogP contribution in [0.1, 0.15) is 6.42 Å². The minimum Gasteiger partial charge on any atom is -0.396 e. The Morgan fingerprint density at radius 3 is 2.96 bits per heavy atom. The number of nitrogens with one attached hydrogen (secondary N) is 1. The predicted octanol–water partition coefficient (Wildman–Crippen LogP) is 1.42. The van der Waals surface area contributed by atoms with Crippen LogP contribution in [0.15, 0.2) is 30.7 Å². The summed E-state index contributed by atoms with van der Waals surface area (Å²) < 4.78 is 0. The van der Waals surface area contributed by atoms with Crippen molar-refractivity contribution in [3.05, 3.63) is 30.7 Å². The van der Waals surface area contributed by atoms with Gasteiger partial charge in [0.15, 0.2) is 0 Å². The Labute approximate surface area is 133 Å². The third-order valence-electron chi connectivity index (χ3n) is 4.39. The van der Waals surface area contributed by atoms with Crippen molar-refractivity contribution in [2.45, 2.75) is 6.42 Å². The van der Waals surface area contributed by atoms with E-state index in [9.17, 15) is 5.11 Å². The molecule has 7 heteroatoms. The molecule has 3 aromatic rings. The number of pyridine rings is 1. The highest BCUT2D eigenvalue weighted by molar-refractivity contribution is 6.02. The SMILES string of the molecule is Nc1nccc(-c2c[nH]c3nccc(N4CCC(CO)C4)c23)n1. The number of anilines is 2. The zero-order valence-corrected chi connectivity index (χ0v) is 12.6. The van der Waals surface area contributed by atoms with Crippen LogP contribution in [-0.4, -0.2) is 44.7 Å². The van der Waals surface area contributed by atoms with Gasteiger partial charge in [0.2, 0.25) is 5.95 Å². The highest BCUT2D eigenvalue weighted by Gasteiger charge is 2.25. The number of hydrogen-bond acceptors (Lipinski definition) is 6. The Bertz CT molecular complexity index is 845. The lowest BCUT2D eigenvalue weighted by atomic mass is 10.1. The molecular weight excluding hydrogens is 292 g/mol. The van der Waals surface area contributed by atoms with Gasteiger partial charge in [0, 0.05) is 55.5 Å². The van der Waals surface area contributed by atoms with Crippen molar-refractivity contribution in [2.75, 3.05) is 30.3 Å². The number of nitrogens with two attached hydrogens (primary N) is 1. The zero-order chi connectivity index (χ0) is 15.8. The molecule has 0 amide bonds. The zero-order valence-electron chi connectivity index (χ0n) is 12.6. The molecule has 118 valence electrons. The second-order valence-electron chi connectivity index (χ2n) is 5.84. The van der Waals surface area contributed by atoms with E-state index < -0.39 is 0 Å². The fraction of sp³-hybridized carbons (Fsp3) is 0.312. The standard InChI is InChI=1S/C16H18N6O/c17-16-19-4-1-12(21-16)11-7-20-15-14(11)13(2-5-18-15)22-6-3-10(8-22)9-23/h1-2,4-5,7,10,23H,3,6,8-9H2,(H,18,20)(H2,17,19,21). The molecule has 4 rings (SSSR count). The summed E-state index contributed by atoms with van der Waals surface area (Å²) in [5, 5.41) is 10.4. The number of fused-ring (bicyclic) bond motifs is 1. The van der Waals surface area contributed by atoms with E-state index in [1.807, 2.05) is 18.3 Å². The average Bonchev–Trinajstić information content (AvgIpc) is 3.21. The molecule has 7 nitrogen and oxygen atoms in total. The van der Waals surface area contributed by atoms with Crippen LogP contribution >= 0.6 is 0 Å². The molecular formula is C16H18N6O. The number of rotatable bonds is 3. The summed E-state index contributed by atoms with van der Waals surface area (Å²) in [6, 6.07) is 3.86. The fourth-order valence-electron chi connectivity index (χ4n) is 3.23. The molecule has 4 heterocycles. The normalized spacial score (nSPS) is 18.0. The van der Waals surface area contributed by atoms with E-state index in [1.165, 1.54) is 0 Å². The molecule has 0 radical (unpaired) electrons. The predicted molar refractivity (Wildman–Crippen MR) is 88.9 cm³/mol. The van der Waals surface area contributed by atoms with Gasteiger partial charge in [0.05, 0.1) is 11.1 Å². The molecule has 1 unspecified atom stereocenters. The highest BCUT2D eigenvalue weighted by Crippen LogP contribution is 2.36. The Hall–Kier alpha value is -2.67. The van der Waals surface area contributed by atoms with Gasteiger partial charge in [0.25, 0.3) is 0 Å². The highest BCUT2D eigenvalue weighted by atomic mass is 16.3. The van der Waals surface area contributed by atoms with E-state index in [0.717, 1.165) is 47.5 Å². The number of aromatic nitrogens is 4. The molecule has 23 heavy (non-hydrogen) atoms. The first-order valence-corrected chi connectivity index (χ1v) is 7.67. The number of aliphatic hydroxyl groups is 1. The third kappa shape index (κ3) is 2.39. The summed E-state index contributed by atoms with van der Waals surface area (Å²) in [6.07, 6.45) is 6.37. The summed E-state index contributed by atoms with van der Waals surface area (Å²) >= 11 is 0. The van der Waals surface area contributed by atoms with E-state index in [1.54, 1.807) is 12.4 Å². The number of hydrogen-bond donors (Lipinski definition) is 3. The van der Waals surface area contributed by atoms with E-state index >= 15 is 0 Å². The maximum absolute atomic E-state index is 9.39. The molecule has 1 fully saturated rings. The van der Waals surface area contributed by atoms with Gasteiger partial charge in [-0.1, -0.05) is 0 Å². The number of aromatic amines is 1. The van der Waals surface area contributed by atoms with Crippen molar-refractivity contribution in [1.29, 1.82) is 0 Å². The van der Waals surface area contributed by atoms with E-state index in [0.29, 0.717) is 5.92 Å². The summed E-state index contributed by atoms with van der Waals surface area (Å²) in [7, 11) is 0. The molecule has 1 aliphatic heterocycles. The average molecular weight is 310 g/mol. The summed E-state index contributed by atoms with van der Waals surface area (Å²) in [5.41, 5.74) is 9.39. The van der Waals surface area contributed by atoms with Crippen molar-refractivity contribution in [3.63, 3.8) is 0 Å². The van der Waals surface area contributed by atoms with Gasteiger partial charge in [-0.05, 0) is 18.6 Å². The second kappa shape index (κ2) is 5.51. The van der Waals surface area contributed by atoms with Crippen LogP contribution < -0.4 is 10.6 Å². The van der Waals surface area contributed by atoms with Crippen molar-refractivity contribution < 1.29 is 5.11 Å². The Morgan fingerprint density at radius 1 is 1.30 bits per heavy atom. The first kappa shape index (κ1) is 14.0. The Morgan fingerprint density at radius 2 is 2.17 bits per heavy atom. The topological polar surface area (TPSA) is 104 Å².